The molecule has 2 aliphatic rings. The van der Waals surface area contributed by atoms with Crippen molar-refractivity contribution in [2.45, 2.75) is 31.5 Å². The molecule has 2 unspecified atom stereocenters. The van der Waals surface area contributed by atoms with E-state index in [-0.39, 0.29) is 18.2 Å². The van der Waals surface area contributed by atoms with Crippen molar-refractivity contribution < 1.29 is 9.53 Å². The van der Waals surface area contributed by atoms with Gasteiger partial charge in [0.2, 0.25) is 5.91 Å². The molecule has 2 atom stereocenters. The Morgan fingerprint density at radius 1 is 1.54 bits per heavy atom. The highest BCUT2D eigenvalue weighted by Crippen LogP contribution is 2.22. The van der Waals surface area contributed by atoms with Gasteiger partial charge in [-0.25, -0.2) is 0 Å². The predicted molar refractivity (Wildman–Crippen MR) is 48.2 cm³/mol. The molecule has 13 heavy (non-hydrogen) atoms. The largest absolute Gasteiger partial charge is 0.358 e. The van der Waals surface area contributed by atoms with Gasteiger partial charge in [0.05, 0.1) is 12.6 Å². The zero-order valence-corrected chi connectivity index (χ0v) is 7.95. The van der Waals surface area contributed by atoms with Crippen LogP contribution in [0.15, 0.2) is 0 Å². The zero-order valence-electron chi connectivity index (χ0n) is 7.95. The fourth-order valence-corrected chi connectivity index (χ4v) is 2.07. The molecule has 0 aromatic heterocycles. The van der Waals surface area contributed by atoms with Crippen LogP contribution in [0.5, 0.6) is 0 Å². The van der Waals surface area contributed by atoms with E-state index in [0.717, 1.165) is 25.8 Å². The molecule has 0 radical (unpaired) electrons. The molecule has 1 amide bonds. The number of carbonyl (C=O) groups is 1. The van der Waals surface area contributed by atoms with Crippen molar-refractivity contribution in [3.05, 3.63) is 0 Å². The summed E-state index contributed by atoms with van der Waals surface area (Å²) in [5.74, 6) is 0.211. The van der Waals surface area contributed by atoms with Gasteiger partial charge in [-0.1, -0.05) is 0 Å². The molecule has 74 valence electrons. The SMILES string of the molecule is CNC1CCOC2CCCN2C1=O. The number of carbonyl (C=O) groups excluding carboxylic acids is 1. The number of amides is 1. The first kappa shape index (κ1) is 8.97. The molecule has 2 fully saturated rings. The summed E-state index contributed by atoms with van der Waals surface area (Å²) < 4.78 is 5.59. The van der Waals surface area contributed by atoms with Gasteiger partial charge >= 0.3 is 0 Å². The van der Waals surface area contributed by atoms with Gasteiger partial charge in [0, 0.05) is 6.54 Å². The van der Waals surface area contributed by atoms with Gasteiger partial charge in [-0.3, -0.25) is 4.79 Å². The minimum Gasteiger partial charge on any atom is -0.358 e. The van der Waals surface area contributed by atoms with Crippen molar-refractivity contribution in [2.24, 2.45) is 0 Å². The molecule has 0 spiro atoms. The third-order valence-electron chi connectivity index (χ3n) is 2.84. The van der Waals surface area contributed by atoms with Crippen LogP contribution in [0.25, 0.3) is 0 Å². The number of nitrogens with zero attached hydrogens (tertiary/aromatic N) is 1. The molecule has 0 aromatic rings. The van der Waals surface area contributed by atoms with Gasteiger partial charge in [-0.15, -0.1) is 0 Å². The minimum absolute atomic E-state index is 0.0388. The van der Waals surface area contributed by atoms with E-state index in [1.165, 1.54) is 0 Å². The molecular weight excluding hydrogens is 168 g/mol. The van der Waals surface area contributed by atoms with Crippen molar-refractivity contribution in [2.75, 3.05) is 20.2 Å². The van der Waals surface area contributed by atoms with E-state index in [9.17, 15) is 4.79 Å². The molecule has 2 rings (SSSR count). The van der Waals surface area contributed by atoms with Crippen LogP contribution in [0.3, 0.4) is 0 Å². The Bertz CT molecular complexity index is 208. The second-order valence-corrected chi connectivity index (χ2v) is 3.63. The van der Waals surface area contributed by atoms with Gasteiger partial charge < -0.3 is 15.0 Å². The maximum absolute atomic E-state index is 11.8. The van der Waals surface area contributed by atoms with Crippen molar-refractivity contribution >= 4 is 5.91 Å². The molecule has 4 nitrogen and oxygen atoms in total. The van der Waals surface area contributed by atoms with Crippen LogP contribution in [0.2, 0.25) is 0 Å². The predicted octanol–water partition coefficient (Wildman–Crippen LogP) is -0.0568. The van der Waals surface area contributed by atoms with Crippen LogP contribution in [0.1, 0.15) is 19.3 Å². The number of nitrogens with one attached hydrogen (secondary N) is 1. The van der Waals surface area contributed by atoms with Crippen molar-refractivity contribution in [3.8, 4) is 0 Å². The molecule has 4 heteroatoms. The van der Waals surface area contributed by atoms with E-state index in [4.69, 9.17) is 4.74 Å². The van der Waals surface area contributed by atoms with E-state index in [1.807, 2.05) is 11.9 Å². The van der Waals surface area contributed by atoms with Crippen molar-refractivity contribution in [1.82, 2.24) is 10.2 Å². The average molecular weight is 184 g/mol. The number of likely N-dealkylation sites (N-methyl/N-ethyl adjacent to an activating group) is 1. The van der Waals surface area contributed by atoms with Crippen LogP contribution >= 0.6 is 0 Å². The maximum Gasteiger partial charge on any atom is 0.241 e. The summed E-state index contributed by atoms with van der Waals surface area (Å²) in [6, 6.07) is -0.0388. The number of hydrogen-bond donors (Lipinski definition) is 1. The summed E-state index contributed by atoms with van der Waals surface area (Å²) in [6.07, 6.45) is 2.93. The Labute approximate surface area is 78.2 Å². The van der Waals surface area contributed by atoms with E-state index in [2.05, 4.69) is 5.32 Å². The smallest absolute Gasteiger partial charge is 0.241 e. The van der Waals surface area contributed by atoms with E-state index in [1.54, 1.807) is 0 Å². The normalized spacial score (nSPS) is 34.5. The van der Waals surface area contributed by atoms with Gasteiger partial charge in [-0.05, 0) is 26.3 Å². The van der Waals surface area contributed by atoms with Crippen LogP contribution in [0.4, 0.5) is 0 Å². The summed E-state index contributed by atoms with van der Waals surface area (Å²) in [7, 11) is 1.83. The summed E-state index contributed by atoms with van der Waals surface area (Å²) in [5, 5.41) is 3.04. The molecule has 2 aliphatic heterocycles. The maximum atomic E-state index is 11.8. The van der Waals surface area contributed by atoms with Crippen LogP contribution in [-0.4, -0.2) is 43.3 Å². The lowest BCUT2D eigenvalue weighted by Crippen LogP contribution is -2.45. The van der Waals surface area contributed by atoms with Crippen molar-refractivity contribution in [1.29, 1.82) is 0 Å². The number of rotatable bonds is 1. The van der Waals surface area contributed by atoms with Gasteiger partial charge in [0.15, 0.2) is 0 Å². The summed E-state index contributed by atoms with van der Waals surface area (Å²) >= 11 is 0. The zero-order chi connectivity index (χ0) is 9.26. The number of hydrogen-bond acceptors (Lipinski definition) is 3. The molecule has 0 saturated carbocycles. The lowest BCUT2D eigenvalue weighted by Gasteiger charge is -2.23. The molecular formula is C9H16N2O2. The lowest BCUT2D eigenvalue weighted by molar-refractivity contribution is -0.139. The monoisotopic (exact) mass is 184 g/mol. The Morgan fingerprint density at radius 3 is 3.15 bits per heavy atom. The van der Waals surface area contributed by atoms with Gasteiger partial charge in [0.1, 0.15) is 6.23 Å². The Morgan fingerprint density at radius 2 is 2.38 bits per heavy atom. The Balaban J connectivity index is 2.11. The van der Waals surface area contributed by atoms with Gasteiger partial charge in [0.25, 0.3) is 0 Å². The summed E-state index contributed by atoms with van der Waals surface area (Å²) in [6.45, 7) is 1.56. The van der Waals surface area contributed by atoms with E-state index >= 15 is 0 Å². The highest BCUT2D eigenvalue weighted by atomic mass is 16.5. The average Bonchev–Trinajstić information content (AvgIpc) is 2.54. The third-order valence-corrected chi connectivity index (χ3v) is 2.84. The highest BCUT2D eigenvalue weighted by Gasteiger charge is 2.35. The third kappa shape index (κ3) is 1.56. The molecule has 0 aromatic carbocycles. The molecule has 1 N–H and O–H groups in total. The fourth-order valence-electron chi connectivity index (χ4n) is 2.07. The van der Waals surface area contributed by atoms with Crippen LogP contribution in [0, 0.1) is 0 Å². The quantitative estimate of drug-likeness (QED) is 0.621. The Kier molecular flexibility index (Phi) is 2.51. The molecule has 0 aliphatic carbocycles. The topological polar surface area (TPSA) is 41.6 Å². The van der Waals surface area contributed by atoms with E-state index < -0.39 is 0 Å². The van der Waals surface area contributed by atoms with Gasteiger partial charge in [-0.2, -0.15) is 0 Å². The first-order valence-electron chi connectivity index (χ1n) is 4.92. The lowest BCUT2D eigenvalue weighted by atomic mass is 10.2. The standard InChI is InChI=1S/C9H16N2O2/c1-10-7-4-6-13-8-3-2-5-11(8)9(7)12/h7-8,10H,2-6H2,1H3. The Hall–Kier alpha value is -0.610. The number of fused-ring (bicyclic) bond motifs is 1. The van der Waals surface area contributed by atoms with Crippen LogP contribution < -0.4 is 5.32 Å². The number of ether oxygens (including phenoxy) is 1. The molecule has 0 bridgehead atoms. The first-order valence-corrected chi connectivity index (χ1v) is 4.92. The second kappa shape index (κ2) is 3.64. The summed E-state index contributed by atoms with van der Waals surface area (Å²) in [4.78, 5) is 13.7. The molecule has 2 saturated heterocycles. The van der Waals surface area contributed by atoms with E-state index in [0.29, 0.717) is 6.61 Å². The molecule has 2 heterocycles. The fraction of sp³-hybridized carbons (Fsp3) is 0.889. The van der Waals surface area contributed by atoms with Crippen molar-refractivity contribution in [3.63, 3.8) is 0 Å². The van der Waals surface area contributed by atoms with Crippen LogP contribution in [-0.2, 0) is 9.53 Å². The summed E-state index contributed by atoms with van der Waals surface area (Å²) in [5.41, 5.74) is 0. The highest BCUT2D eigenvalue weighted by molar-refractivity contribution is 5.82. The first-order chi connectivity index (χ1) is 6.33. The second-order valence-electron chi connectivity index (χ2n) is 3.63. The minimum atomic E-state index is -0.0388.